The first kappa shape index (κ1) is 16.0. The number of hydrogen-bond donors (Lipinski definition) is 1. The summed E-state index contributed by atoms with van der Waals surface area (Å²) in [5.41, 5.74) is 4.14. The predicted molar refractivity (Wildman–Crippen MR) is 104 cm³/mol. The van der Waals surface area contributed by atoms with Gasteiger partial charge in [-0.3, -0.25) is 4.79 Å². The standard InChI is InChI=1S/C21H18ClNO2/c1-11(2)20-18(13-4-6-14(22)7-5-13)19(24)15-8-9-16-17(21(15)25-20)12(3)10-23-16/h4-11,23H,1-3H3. The molecule has 3 nitrogen and oxygen atoms in total. The number of aromatic amines is 1. The zero-order chi connectivity index (χ0) is 17.7. The van der Waals surface area contributed by atoms with E-state index >= 15 is 0 Å². The van der Waals surface area contributed by atoms with E-state index in [1.54, 1.807) is 12.1 Å². The van der Waals surface area contributed by atoms with Crippen molar-refractivity contribution >= 4 is 33.5 Å². The maximum absolute atomic E-state index is 13.3. The van der Waals surface area contributed by atoms with Crippen LogP contribution >= 0.6 is 11.6 Å². The van der Waals surface area contributed by atoms with Crippen LogP contribution in [0.2, 0.25) is 5.02 Å². The molecule has 126 valence electrons. The lowest BCUT2D eigenvalue weighted by Crippen LogP contribution is -2.10. The molecular formula is C21H18ClNO2. The van der Waals surface area contributed by atoms with Crippen LogP contribution in [0.4, 0.5) is 0 Å². The van der Waals surface area contributed by atoms with Gasteiger partial charge in [-0.2, -0.15) is 0 Å². The van der Waals surface area contributed by atoms with E-state index in [2.05, 4.69) is 4.98 Å². The summed E-state index contributed by atoms with van der Waals surface area (Å²) in [5.74, 6) is 0.783. The molecule has 2 aromatic heterocycles. The van der Waals surface area contributed by atoms with Crippen LogP contribution in [0, 0.1) is 6.92 Å². The van der Waals surface area contributed by atoms with Gasteiger partial charge in [0.15, 0.2) is 0 Å². The molecule has 2 heterocycles. The van der Waals surface area contributed by atoms with Gasteiger partial charge in [0.1, 0.15) is 11.3 Å². The maximum Gasteiger partial charge on any atom is 0.200 e. The third kappa shape index (κ3) is 2.47. The average Bonchev–Trinajstić information content (AvgIpc) is 2.97. The third-order valence-electron chi connectivity index (χ3n) is 4.58. The lowest BCUT2D eigenvalue weighted by Gasteiger charge is -2.13. The Morgan fingerprint density at radius 3 is 2.48 bits per heavy atom. The highest BCUT2D eigenvalue weighted by Crippen LogP contribution is 2.34. The van der Waals surface area contributed by atoms with Crippen molar-refractivity contribution in [2.75, 3.05) is 0 Å². The fourth-order valence-electron chi connectivity index (χ4n) is 3.34. The molecule has 0 atom stereocenters. The first-order chi connectivity index (χ1) is 12.0. The second-order valence-corrected chi connectivity index (χ2v) is 7.10. The van der Waals surface area contributed by atoms with E-state index in [1.165, 1.54) is 0 Å². The van der Waals surface area contributed by atoms with Gasteiger partial charge < -0.3 is 9.40 Å². The van der Waals surface area contributed by atoms with Crippen LogP contribution in [-0.2, 0) is 0 Å². The summed E-state index contributed by atoms with van der Waals surface area (Å²) in [6.07, 6.45) is 1.94. The number of aryl methyl sites for hydroxylation is 1. The molecule has 0 saturated carbocycles. The Morgan fingerprint density at radius 2 is 1.80 bits per heavy atom. The van der Waals surface area contributed by atoms with E-state index in [4.69, 9.17) is 16.0 Å². The number of rotatable bonds is 2. The van der Waals surface area contributed by atoms with Crippen molar-refractivity contribution in [1.82, 2.24) is 4.98 Å². The van der Waals surface area contributed by atoms with Crippen molar-refractivity contribution < 1.29 is 4.42 Å². The molecule has 0 saturated heterocycles. The van der Waals surface area contributed by atoms with Crippen LogP contribution in [0.3, 0.4) is 0 Å². The maximum atomic E-state index is 13.3. The monoisotopic (exact) mass is 351 g/mol. The van der Waals surface area contributed by atoms with E-state index in [1.807, 2.05) is 51.2 Å². The second kappa shape index (κ2) is 5.78. The molecule has 1 N–H and O–H groups in total. The summed E-state index contributed by atoms with van der Waals surface area (Å²) < 4.78 is 6.32. The van der Waals surface area contributed by atoms with E-state index in [-0.39, 0.29) is 11.3 Å². The van der Waals surface area contributed by atoms with Gasteiger partial charge in [-0.05, 0) is 42.3 Å². The van der Waals surface area contributed by atoms with Crippen LogP contribution in [0.1, 0.15) is 31.1 Å². The molecular weight excluding hydrogens is 334 g/mol. The Bertz CT molecular complexity index is 1150. The highest BCUT2D eigenvalue weighted by molar-refractivity contribution is 6.30. The van der Waals surface area contributed by atoms with Crippen molar-refractivity contribution in [3.05, 3.63) is 69.2 Å². The minimum atomic E-state index is -0.00484. The number of halogens is 1. The van der Waals surface area contributed by atoms with Gasteiger partial charge in [0, 0.05) is 28.0 Å². The molecule has 0 amide bonds. The zero-order valence-corrected chi connectivity index (χ0v) is 15.1. The topological polar surface area (TPSA) is 46.0 Å². The summed E-state index contributed by atoms with van der Waals surface area (Å²) in [6.45, 7) is 6.09. The Kier molecular flexibility index (Phi) is 3.69. The van der Waals surface area contributed by atoms with Crippen LogP contribution in [-0.4, -0.2) is 4.98 Å². The smallest absolute Gasteiger partial charge is 0.200 e. The summed E-state index contributed by atoms with van der Waals surface area (Å²) >= 11 is 6.00. The summed E-state index contributed by atoms with van der Waals surface area (Å²) in [7, 11) is 0. The second-order valence-electron chi connectivity index (χ2n) is 6.67. The Balaban J connectivity index is 2.16. The SMILES string of the molecule is Cc1c[nH]c2ccc3c(=O)c(-c4ccc(Cl)cc4)c(C(C)C)oc3c12. The molecule has 0 spiro atoms. The summed E-state index contributed by atoms with van der Waals surface area (Å²) in [6, 6.07) is 11.1. The largest absolute Gasteiger partial charge is 0.459 e. The minimum Gasteiger partial charge on any atom is -0.459 e. The molecule has 4 aromatic rings. The summed E-state index contributed by atoms with van der Waals surface area (Å²) in [4.78, 5) is 16.5. The van der Waals surface area contributed by atoms with Crippen LogP contribution in [0.25, 0.3) is 33.0 Å². The van der Waals surface area contributed by atoms with Crippen LogP contribution in [0.15, 0.2) is 51.8 Å². The van der Waals surface area contributed by atoms with Gasteiger partial charge >= 0.3 is 0 Å². The Labute approximate surface area is 150 Å². The molecule has 0 bridgehead atoms. The molecule has 0 aliphatic carbocycles. The molecule has 4 heteroatoms. The highest BCUT2D eigenvalue weighted by Gasteiger charge is 2.20. The zero-order valence-electron chi connectivity index (χ0n) is 14.3. The lowest BCUT2D eigenvalue weighted by molar-refractivity contribution is 0.514. The van der Waals surface area contributed by atoms with Gasteiger partial charge in [0.2, 0.25) is 5.43 Å². The van der Waals surface area contributed by atoms with Crippen molar-refractivity contribution in [3.63, 3.8) is 0 Å². The van der Waals surface area contributed by atoms with Crippen molar-refractivity contribution in [2.24, 2.45) is 0 Å². The lowest BCUT2D eigenvalue weighted by atomic mass is 9.96. The fourth-order valence-corrected chi connectivity index (χ4v) is 3.47. The molecule has 25 heavy (non-hydrogen) atoms. The number of fused-ring (bicyclic) bond motifs is 3. The number of benzene rings is 2. The molecule has 0 fully saturated rings. The molecule has 2 aromatic carbocycles. The summed E-state index contributed by atoms with van der Waals surface area (Å²) in [5, 5.41) is 2.22. The minimum absolute atomic E-state index is 0.00484. The average molecular weight is 352 g/mol. The van der Waals surface area contributed by atoms with Gasteiger partial charge in [-0.25, -0.2) is 0 Å². The van der Waals surface area contributed by atoms with Gasteiger partial charge in [0.05, 0.1) is 10.9 Å². The van der Waals surface area contributed by atoms with Crippen LogP contribution in [0.5, 0.6) is 0 Å². The van der Waals surface area contributed by atoms with Gasteiger partial charge in [-0.1, -0.05) is 37.6 Å². The van der Waals surface area contributed by atoms with E-state index in [0.29, 0.717) is 27.3 Å². The Hall–Kier alpha value is -2.52. The van der Waals surface area contributed by atoms with E-state index < -0.39 is 0 Å². The number of aromatic nitrogens is 1. The number of H-pyrrole nitrogens is 1. The number of nitrogens with one attached hydrogen (secondary N) is 1. The molecule has 0 aliphatic heterocycles. The molecule has 0 unspecified atom stereocenters. The Morgan fingerprint density at radius 1 is 1.08 bits per heavy atom. The van der Waals surface area contributed by atoms with Crippen molar-refractivity contribution in [1.29, 1.82) is 0 Å². The van der Waals surface area contributed by atoms with Crippen LogP contribution < -0.4 is 5.43 Å². The van der Waals surface area contributed by atoms with Gasteiger partial charge in [-0.15, -0.1) is 0 Å². The first-order valence-electron chi connectivity index (χ1n) is 8.30. The molecule has 4 rings (SSSR count). The fraction of sp³-hybridized carbons (Fsp3) is 0.190. The highest BCUT2D eigenvalue weighted by atomic mass is 35.5. The predicted octanol–water partition coefficient (Wildman–Crippen LogP) is 6.03. The van der Waals surface area contributed by atoms with Crippen molar-refractivity contribution in [2.45, 2.75) is 26.7 Å². The quantitative estimate of drug-likeness (QED) is 0.479. The normalized spacial score (nSPS) is 11.7. The first-order valence-corrected chi connectivity index (χ1v) is 8.68. The van der Waals surface area contributed by atoms with E-state index in [0.717, 1.165) is 22.0 Å². The molecule has 0 radical (unpaired) electrons. The third-order valence-corrected chi connectivity index (χ3v) is 4.84. The molecule has 0 aliphatic rings. The van der Waals surface area contributed by atoms with E-state index in [9.17, 15) is 4.79 Å². The van der Waals surface area contributed by atoms with Crippen molar-refractivity contribution in [3.8, 4) is 11.1 Å². The van der Waals surface area contributed by atoms with Gasteiger partial charge in [0.25, 0.3) is 0 Å². The number of hydrogen-bond acceptors (Lipinski definition) is 2.